The second kappa shape index (κ2) is 49.0. The van der Waals surface area contributed by atoms with Crippen LogP contribution in [0.15, 0.2) is 60.8 Å². The van der Waals surface area contributed by atoms with Gasteiger partial charge in [-0.15, -0.1) is 0 Å². The van der Waals surface area contributed by atoms with Crippen LogP contribution in [0.1, 0.15) is 239 Å². The molecule has 0 spiro atoms. The van der Waals surface area contributed by atoms with Crippen molar-refractivity contribution in [3.8, 4) is 0 Å². The molecule has 0 bridgehead atoms. The van der Waals surface area contributed by atoms with Crippen LogP contribution >= 0.6 is 0 Å². The maximum atomic E-state index is 12.7. The van der Waals surface area contributed by atoms with Gasteiger partial charge < -0.3 is 14.2 Å². The summed E-state index contributed by atoms with van der Waals surface area (Å²) in [6.45, 7) is 7.65. The Balaban J connectivity index is 4.14. The van der Waals surface area contributed by atoms with Crippen molar-refractivity contribution in [2.75, 3.05) is 19.8 Å². The molecule has 0 aliphatic rings. The molecule has 0 aliphatic heterocycles. The zero-order valence-corrected chi connectivity index (χ0v) is 38.6. The second-order valence-electron chi connectivity index (χ2n) is 16.3. The van der Waals surface area contributed by atoms with E-state index >= 15 is 0 Å². The molecule has 1 unspecified atom stereocenters. The SMILES string of the molecule is CC/C=C\C/C=C\C/C=C\CCCCCCCCCCOCC(COC(=O)CCCCCCCCC/C=C\C/C=C\CCCCC)OC(=O)CCCCCCCCC. The first-order valence-electron chi connectivity index (χ1n) is 24.8. The van der Waals surface area contributed by atoms with E-state index in [0.29, 0.717) is 19.4 Å². The predicted molar refractivity (Wildman–Crippen MR) is 251 cm³/mol. The molecular weight excluding hydrogens is 717 g/mol. The summed E-state index contributed by atoms with van der Waals surface area (Å²) in [7, 11) is 0. The molecule has 0 heterocycles. The Morgan fingerprint density at radius 2 is 0.776 bits per heavy atom. The summed E-state index contributed by atoms with van der Waals surface area (Å²) in [5, 5.41) is 0. The van der Waals surface area contributed by atoms with Gasteiger partial charge in [-0.1, -0.05) is 204 Å². The second-order valence-corrected chi connectivity index (χ2v) is 16.3. The first-order valence-corrected chi connectivity index (χ1v) is 24.8. The van der Waals surface area contributed by atoms with Gasteiger partial charge in [0.1, 0.15) is 6.61 Å². The third-order valence-corrected chi connectivity index (χ3v) is 10.5. The summed E-state index contributed by atoms with van der Waals surface area (Å²) >= 11 is 0. The number of carbonyl (C=O) groups is 2. The molecule has 1 atom stereocenters. The van der Waals surface area contributed by atoms with Crippen LogP contribution in [0.3, 0.4) is 0 Å². The summed E-state index contributed by atoms with van der Waals surface area (Å²) in [5.41, 5.74) is 0. The highest BCUT2D eigenvalue weighted by atomic mass is 16.6. The molecule has 0 saturated heterocycles. The lowest BCUT2D eigenvalue weighted by molar-refractivity contribution is -0.163. The normalized spacial score (nSPS) is 12.7. The lowest BCUT2D eigenvalue weighted by Gasteiger charge is -2.18. The molecule has 0 fully saturated rings. The molecule has 0 aromatic heterocycles. The maximum absolute atomic E-state index is 12.7. The van der Waals surface area contributed by atoms with E-state index in [1.165, 1.54) is 135 Å². The first kappa shape index (κ1) is 55.6. The van der Waals surface area contributed by atoms with Crippen LogP contribution in [0.4, 0.5) is 0 Å². The molecule has 0 radical (unpaired) electrons. The van der Waals surface area contributed by atoms with Crippen LogP contribution in [0, 0.1) is 0 Å². The van der Waals surface area contributed by atoms with Crippen LogP contribution in [0.2, 0.25) is 0 Å². The molecule has 0 amide bonds. The van der Waals surface area contributed by atoms with E-state index in [2.05, 4.69) is 81.5 Å². The van der Waals surface area contributed by atoms with Crippen molar-refractivity contribution >= 4 is 11.9 Å². The zero-order valence-electron chi connectivity index (χ0n) is 38.6. The lowest BCUT2D eigenvalue weighted by Crippen LogP contribution is -2.30. The molecule has 0 aliphatic carbocycles. The van der Waals surface area contributed by atoms with Gasteiger partial charge in [-0.2, -0.15) is 0 Å². The topological polar surface area (TPSA) is 61.8 Å². The van der Waals surface area contributed by atoms with Gasteiger partial charge in [0.25, 0.3) is 0 Å². The van der Waals surface area contributed by atoms with E-state index in [0.717, 1.165) is 70.6 Å². The Morgan fingerprint density at radius 1 is 0.397 bits per heavy atom. The van der Waals surface area contributed by atoms with Gasteiger partial charge in [-0.05, 0) is 83.5 Å². The Hall–Kier alpha value is -2.40. The monoisotopic (exact) mass is 811 g/mol. The van der Waals surface area contributed by atoms with E-state index in [4.69, 9.17) is 14.2 Å². The van der Waals surface area contributed by atoms with Gasteiger partial charge in [-0.3, -0.25) is 9.59 Å². The summed E-state index contributed by atoms with van der Waals surface area (Å²) in [6.07, 6.45) is 60.9. The number of hydrogen-bond donors (Lipinski definition) is 0. The fourth-order valence-electron chi connectivity index (χ4n) is 6.85. The van der Waals surface area contributed by atoms with Crippen LogP contribution in [0.25, 0.3) is 0 Å². The van der Waals surface area contributed by atoms with E-state index in [1.54, 1.807) is 0 Å². The first-order chi connectivity index (χ1) is 28.6. The van der Waals surface area contributed by atoms with Crippen molar-refractivity contribution in [1.82, 2.24) is 0 Å². The summed E-state index contributed by atoms with van der Waals surface area (Å²) in [4.78, 5) is 25.2. The number of ether oxygens (including phenoxy) is 3. The maximum Gasteiger partial charge on any atom is 0.306 e. The quantitative estimate of drug-likeness (QED) is 0.0348. The number of allylic oxidation sites excluding steroid dienone is 10. The standard InChI is InChI=1S/C53H94O5/c1-4-7-10-13-16-18-20-22-24-26-28-30-32-34-36-39-42-45-48-56-49-51(58-53(55)47-44-41-37-15-12-9-6-3)50-57-52(54)46-43-40-38-35-33-31-29-27-25-23-21-19-17-14-11-8-5-2/h7,10,16-19,22-25,51H,4-6,8-9,11-15,20-21,26-50H2,1-3H3/b10-7-,18-16-,19-17-,24-22-,25-23-. The van der Waals surface area contributed by atoms with Crippen molar-refractivity contribution in [3.05, 3.63) is 60.8 Å². The minimum absolute atomic E-state index is 0.0784. The minimum atomic E-state index is -0.540. The Labute approximate surface area is 360 Å². The van der Waals surface area contributed by atoms with Crippen molar-refractivity contribution < 1.29 is 23.8 Å². The molecular formula is C53H94O5. The van der Waals surface area contributed by atoms with Gasteiger partial charge in [0, 0.05) is 19.4 Å². The molecule has 0 aromatic carbocycles. The highest BCUT2D eigenvalue weighted by Crippen LogP contribution is 2.14. The highest BCUT2D eigenvalue weighted by Gasteiger charge is 2.17. The zero-order chi connectivity index (χ0) is 42.1. The van der Waals surface area contributed by atoms with Gasteiger partial charge >= 0.3 is 11.9 Å². The molecule has 0 rings (SSSR count). The van der Waals surface area contributed by atoms with Crippen molar-refractivity contribution in [2.24, 2.45) is 0 Å². The Kier molecular flexibility index (Phi) is 46.9. The van der Waals surface area contributed by atoms with Gasteiger partial charge in [0.15, 0.2) is 6.10 Å². The molecule has 336 valence electrons. The van der Waals surface area contributed by atoms with Crippen LogP contribution in [-0.2, 0) is 23.8 Å². The third-order valence-electron chi connectivity index (χ3n) is 10.5. The Morgan fingerprint density at radius 3 is 1.28 bits per heavy atom. The van der Waals surface area contributed by atoms with Crippen molar-refractivity contribution in [1.29, 1.82) is 0 Å². The van der Waals surface area contributed by atoms with E-state index in [9.17, 15) is 9.59 Å². The molecule has 5 nitrogen and oxygen atoms in total. The fraction of sp³-hybridized carbons (Fsp3) is 0.774. The molecule has 58 heavy (non-hydrogen) atoms. The van der Waals surface area contributed by atoms with Crippen LogP contribution in [-0.4, -0.2) is 37.9 Å². The number of rotatable bonds is 45. The van der Waals surface area contributed by atoms with Crippen LogP contribution < -0.4 is 0 Å². The summed E-state index contributed by atoms with van der Waals surface area (Å²) < 4.78 is 17.3. The third kappa shape index (κ3) is 46.3. The van der Waals surface area contributed by atoms with Gasteiger partial charge in [-0.25, -0.2) is 0 Å². The smallest absolute Gasteiger partial charge is 0.306 e. The molecule has 5 heteroatoms. The van der Waals surface area contributed by atoms with Gasteiger partial charge in [0.2, 0.25) is 0 Å². The number of esters is 2. The predicted octanol–water partition coefficient (Wildman–Crippen LogP) is 16.6. The molecule has 0 aromatic rings. The fourth-order valence-corrected chi connectivity index (χ4v) is 6.85. The average Bonchev–Trinajstić information content (AvgIpc) is 3.22. The van der Waals surface area contributed by atoms with Crippen LogP contribution in [0.5, 0.6) is 0 Å². The lowest BCUT2D eigenvalue weighted by atomic mass is 10.1. The van der Waals surface area contributed by atoms with E-state index in [-0.39, 0.29) is 25.2 Å². The minimum Gasteiger partial charge on any atom is -0.462 e. The molecule has 0 saturated carbocycles. The number of unbranched alkanes of at least 4 members (excludes halogenated alkanes) is 24. The largest absolute Gasteiger partial charge is 0.462 e. The van der Waals surface area contributed by atoms with Gasteiger partial charge in [0.05, 0.1) is 6.61 Å². The van der Waals surface area contributed by atoms with E-state index in [1.807, 2.05) is 0 Å². The Bertz CT molecular complexity index is 1010. The summed E-state index contributed by atoms with van der Waals surface area (Å²) in [6, 6.07) is 0. The van der Waals surface area contributed by atoms with E-state index < -0.39 is 6.10 Å². The molecule has 0 N–H and O–H groups in total. The van der Waals surface area contributed by atoms with Crippen molar-refractivity contribution in [3.63, 3.8) is 0 Å². The van der Waals surface area contributed by atoms with Crippen molar-refractivity contribution in [2.45, 2.75) is 245 Å². The highest BCUT2D eigenvalue weighted by molar-refractivity contribution is 5.70. The number of carbonyl (C=O) groups excluding carboxylic acids is 2. The summed E-state index contributed by atoms with van der Waals surface area (Å²) in [5.74, 6) is -0.412. The number of hydrogen-bond acceptors (Lipinski definition) is 5. The average molecular weight is 811 g/mol.